The van der Waals surface area contributed by atoms with E-state index >= 15 is 0 Å². The van der Waals surface area contributed by atoms with Crippen LogP contribution in [0.1, 0.15) is 33.3 Å². The van der Waals surface area contributed by atoms with Gasteiger partial charge in [0.25, 0.3) is 0 Å². The van der Waals surface area contributed by atoms with Crippen LogP contribution in [0, 0.1) is 6.92 Å². The summed E-state index contributed by atoms with van der Waals surface area (Å²) in [4.78, 5) is 0. The Morgan fingerprint density at radius 3 is 2.59 bits per heavy atom. The second kappa shape index (κ2) is 5.74. The lowest BCUT2D eigenvalue weighted by atomic mass is 10.1. The molecule has 96 valence electrons. The van der Waals surface area contributed by atoms with Crippen molar-refractivity contribution in [2.45, 2.75) is 46.3 Å². The van der Waals surface area contributed by atoms with Gasteiger partial charge >= 0.3 is 0 Å². The van der Waals surface area contributed by atoms with Crippen molar-refractivity contribution in [1.29, 1.82) is 0 Å². The summed E-state index contributed by atoms with van der Waals surface area (Å²) in [6.07, 6.45) is 0.117. The molecule has 1 aromatic rings. The Kier molecular flexibility index (Phi) is 4.84. The molecule has 0 aliphatic heterocycles. The second-order valence-electron chi connectivity index (χ2n) is 5.47. The zero-order chi connectivity index (χ0) is 13.1. The summed E-state index contributed by atoms with van der Waals surface area (Å²) in [7, 11) is 0. The zero-order valence-corrected chi connectivity index (χ0v) is 12.1. The fourth-order valence-electron chi connectivity index (χ4n) is 1.41. The van der Waals surface area contributed by atoms with Gasteiger partial charge in [-0.15, -0.1) is 0 Å². The Morgan fingerprint density at radius 2 is 2.00 bits per heavy atom. The van der Waals surface area contributed by atoms with Gasteiger partial charge in [-0.2, -0.15) is 0 Å². The first-order valence-corrected chi connectivity index (χ1v) is 6.33. The van der Waals surface area contributed by atoms with E-state index in [1.54, 1.807) is 0 Å². The summed E-state index contributed by atoms with van der Waals surface area (Å²) in [5.74, 6) is 0.862. The van der Waals surface area contributed by atoms with E-state index in [4.69, 9.17) is 16.3 Å². The molecular weight excluding hydrogens is 234 g/mol. The Bertz CT molecular complexity index is 371. The average Bonchev–Trinajstić information content (AvgIpc) is 2.20. The van der Waals surface area contributed by atoms with E-state index in [0.29, 0.717) is 5.02 Å². The average molecular weight is 256 g/mol. The van der Waals surface area contributed by atoms with Crippen LogP contribution in [0.25, 0.3) is 0 Å². The van der Waals surface area contributed by atoms with Gasteiger partial charge in [0.15, 0.2) is 0 Å². The number of rotatable bonds is 4. The summed E-state index contributed by atoms with van der Waals surface area (Å²) in [6, 6.07) is 5.72. The lowest BCUT2D eigenvalue weighted by Crippen LogP contribution is -2.41. The smallest absolute Gasteiger partial charge is 0.124 e. The van der Waals surface area contributed by atoms with Crippen LogP contribution < -0.4 is 10.1 Å². The number of nitrogens with one attached hydrogen (secondary N) is 1. The first-order chi connectivity index (χ1) is 7.78. The standard InChI is InChI=1S/C14H22ClNO/c1-10-6-7-12(15)8-13(10)17-11(2)9-16-14(3,4)5/h6-8,11,16H,9H2,1-5H3. The van der Waals surface area contributed by atoms with Gasteiger partial charge in [-0.1, -0.05) is 17.7 Å². The molecule has 17 heavy (non-hydrogen) atoms. The minimum atomic E-state index is 0.112. The zero-order valence-electron chi connectivity index (χ0n) is 11.3. The van der Waals surface area contributed by atoms with Gasteiger partial charge in [-0.3, -0.25) is 0 Å². The van der Waals surface area contributed by atoms with Crippen LogP contribution >= 0.6 is 11.6 Å². The lowest BCUT2D eigenvalue weighted by molar-refractivity contribution is 0.202. The molecule has 0 aromatic heterocycles. The van der Waals surface area contributed by atoms with Crippen LogP contribution in [-0.4, -0.2) is 18.2 Å². The van der Waals surface area contributed by atoms with Crippen molar-refractivity contribution in [3.63, 3.8) is 0 Å². The quantitative estimate of drug-likeness (QED) is 0.884. The molecule has 0 heterocycles. The molecule has 1 atom stereocenters. The largest absolute Gasteiger partial charge is 0.489 e. The van der Waals surface area contributed by atoms with Gasteiger partial charge in [0.05, 0.1) is 0 Å². The molecule has 0 radical (unpaired) electrons. The first kappa shape index (κ1) is 14.3. The maximum atomic E-state index is 5.95. The predicted octanol–water partition coefficient (Wildman–Crippen LogP) is 3.80. The lowest BCUT2D eigenvalue weighted by Gasteiger charge is -2.24. The number of ether oxygens (including phenoxy) is 1. The molecule has 1 aromatic carbocycles. The molecule has 1 rings (SSSR count). The van der Waals surface area contributed by atoms with Crippen molar-refractivity contribution < 1.29 is 4.74 Å². The molecular formula is C14H22ClNO. The van der Waals surface area contributed by atoms with Crippen molar-refractivity contribution >= 4 is 11.6 Å². The second-order valence-corrected chi connectivity index (χ2v) is 5.91. The molecule has 0 saturated carbocycles. The van der Waals surface area contributed by atoms with Gasteiger partial charge in [-0.05, 0) is 52.3 Å². The molecule has 0 amide bonds. The highest BCUT2D eigenvalue weighted by molar-refractivity contribution is 6.30. The molecule has 0 bridgehead atoms. The van der Waals surface area contributed by atoms with E-state index in [1.807, 2.05) is 25.1 Å². The van der Waals surface area contributed by atoms with Crippen LogP contribution in [0.3, 0.4) is 0 Å². The molecule has 1 unspecified atom stereocenters. The van der Waals surface area contributed by atoms with Gasteiger partial charge in [-0.25, -0.2) is 0 Å². The van der Waals surface area contributed by atoms with Gasteiger partial charge in [0.2, 0.25) is 0 Å². The normalized spacial score (nSPS) is 13.5. The monoisotopic (exact) mass is 255 g/mol. The number of benzene rings is 1. The predicted molar refractivity (Wildman–Crippen MR) is 74.0 cm³/mol. The Labute approximate surface area is 109 Å². The minimum absolute atomic E-state index is 0.112. The number of hydrogen-bond acceptors (Lipinski definition) is 2. The molecule has 3 heteroatoms. The van der Waals surface area contributed by atoms with E-state index in [1.165, 1.54) is 0 Å². The molecule has 0 aliphatic carbocycles. The van der Waals surface area contributed by atoms with Crippen LogP contribution in [0.15, 0.2) is 18.2 Å². The van der Waals surface area contributed by atoms with Crippen molar-refractivity contribution in [1.82, 2.24) is 5.32 Å². The minimum Gasteiger partial charge on any atom is -0.489 e. The third-order valence-electron chi connectivity index (χ3n) is 2.40. The fourth-order valence-corrected chi connectivity index (χ4v) is 1.57. The van der Waals surface area contributed by atoms with Crippen molar-refractivity contribution in [2.75, 3.05) is 6.54 Å². The molecule has 0 aliphatic rings. The molecule has 1 N–H and O–H groups in total. The van der Waals surface area contributed by atoms with Crippen molar-refractivity contribution in [3.05, 3.63) is 28.8 Å². The summed E-state index contributed by atoms with van der Waals surface area (Å²) in [5, 5.41) is 4.13. The number of aryl methyl sites for hydroxylation is 1. The first-order valence-electron chi connectivity index (χ1n) is 5.96. The molecule has 0 fully saturated rings. The van der Waals surface area contributed by atoms with Crippen molar-refractivity contribution in [2.24, 2.45) is 0 Å². The summed E-state index contributed by atoms with van der Waals surface area (Å²) < 4.78 is 5.87. The fraction of sp³-hybridized carbons (Fsp3) is 0.571. The SMILES string of the molecule is Cc1ccc(Cl)cc1OC(C)CNC(C)(C)C. The van der Waals surface area contributed by atoms with Gasteiger partial charge in [0, 0.05) is 17.1 Å². The van der Waals surface area contributed by atoms with E-state index in [2.05, 4.69) is 33.0 Å². The van der Waals surface area contributed by atoms with E-state index in [0.717, 1.165) is 17.9 Å². The van der Waals surface area contributed by atoms with Crippen LogP contribution in [0.4, 0.5) is 0 Å². The van der Waals surface area contributed by atoms with Crippen molar-refractivity contribution in [3.8, 4) is 5.75 Å². The summed E-state index contributed by atoms with van der Waals surface area (Å²) in [6.45, 7) is 11.3. The van der Waals surface area contributed by atoms with Gasteiger partial charge < -0.3 is 10.1 Å². The van der Waals surface area contributed by atoms with Crippen LogP contribution in [0.5, 0.6) is 5.75 Å². The van der Waals surface area contributed by atoms with Gasteiger partial charge in [0.1, 0.15) is 11.9 Å². The van der Waals surface area contributed by atoms with E-state index < -0.39 is 0 Å². The molecule has 0 saturated heterocycles. The maximum Gasteiger partial charge on any atom is 0.124 e. The molecule has 2 nitrogen and oxygen atoms in total. The Hall–Kier alpha value is -0.730. The number of halogens is 1. The van der Waals surface area contributed by atoms with Crippen LogP contribution in [-0.2, 0) is 0 Å². The summed E-state index contributed by atoms with van der Waals surface area (Å²) >= 11 is 5.95. The Balaban J connectivity index is 2.56. The van der Waals surface area contributed by atoms with Crippen LogP contribution in [0.2, 0.25) is 5.02 Å². The van der Waals surface area contributed by atoms with E-state index in [-0.39, 0.29) is 11.6 Å². The third-order valence-corrected chi connectivity index (χ3v) is 2.63. The third kappa shape index (κ3) is 5.42. The van der Waals surface area contributed by atoms with E-state index in [9.17, 15) is 0 Å². The Morgan fingerprint density at radius 1 is 1.35 bits per heavy atom. The highest BCUT2D eigenvalue weighted by Gasteiger charge is 2.12. The highest BCUT2D eigenvalue weighted by atomic mass is 35.5. The number of hydrogen-bond donors (Lipinski definition) is 1. The summed E-state index contributed by atoms with van der Waals surface area (Å²) in [5.41, 5.74) is 1.22. The topological polar surface area (TPSA) is 21.3 Å². The maximum absolute atomic E-state index is 5.95. The highest BCUT2D eigenvalue weighted by Crippen LogP contribution is 2.23. The molecule has 0 spiro atoms.